The Hall–Kier alpha value is -2.41. The van der Waals surface area contributed by atoms with E-state index in [9.17, 15) is 9.18 Å². The van der Waals surface area contributed by atoms with Crippen LogP contribution in [0.4, 0.5) is 15.8 Å². The molecule has 6 nitrogen and oxygen atoms in total. The zero-order valence-electron chi connectivity index (χ0n) is 12.8. The van der Waals surface area contributed by atoms with Gasteiger partial charge in [-0.25, -0.2) is 4.39 Å². The predicted molar refractivity (Wildman–Crippen MR) is 83.1 cm³/mol. The fourth-order valence-electron chi connectivity index (χ4n) is 2.43. The summed E-state index contributed by atoms with van der Waals surface area (Å²) in [7, 11) is 0. The average Bonchev–Trinajstić information content (AvgIpc) is 3.18. The van der Waals surface area contributed by atoms with E-state index >= 15 is 0 Å². The number of carbonyl (C=O) groups excluding carboxylic acids is 1. The zero-order valence-corrected chi connectivity index (χ0v) is 12.8. The average molecular weight is 319 g/mol. The minimum absolute atomic E-state index is 0.0866. The van der Waals surface area contributed by atoms with Gasteiger partial charge in [0.25, 0.3) is 5.91 Å². The van der Waals surface area contributed by atoms with E-state index in [1.807, 2.05) is 0 Å². The summed E-state index contributed by atoms with van der Waals surface area (Å²) in [6.45, 7) is 3.05. The van der Waals surface area contributed by atoms with Gasteiger partial charge in [0.05, 0.1) is 17.5 Å². The first kappa shape index (κ1) is 15.5. The van der Waals surface area contributed by atoms with Gasteiger partial charge in [-0.15, -0.1) is 0 Å². The second-order valence-corrected chi connectivity index (χ2v) is 5.50. The molecule has 0 saturated carbocycles. The molecule has 1 unspecified atom stereocenters. The lowest BCUT2D eigenvalue weighted by Gasteiger charge is -2.13. The number of hydrogen-bond acceptors (Lipinski definition) is 5. The minimum Gasteiger partial charge on any atom is -0.380 e. The quantitative estimate of drug-likeness (QED) is 0.886. The number of carbonyl (C=O) groups is 1. The van der Waals surface area contributed by atoms with Crippen molar-refractivity contribution in [2.45, 2.75) is 25.9 Å². The molecule has 1 amide bonds. The van der Waals surface area contributed by atoms with E-state index in [-0.39, 0.29) is 11.9 Å². The molecule has 0 radical (unpaired) electrons. The van der Waals surface area contributed by atoms with Crippen LogP contribution >= 0.6 is 0 Å². The van der Waals surface area contributed by atoms with Crippen LogP contribution in [0.15, 0.2) is 28.8 Å². The van der Waals surface area contributed by atoms with Gasteiger partial charge in [-0.2, -0.15) is 0 Å². The standard InChI is InChI=1S/C16H18FN3O3/c1-10-7-15(23-20-10)16(21)19-11-4-5-14(13(17)8-11)18-9-12-3-2-6-22-12/h4-5,7-8,12,18H,2-3,6,9H2,1H3,(H,19,21). The molecular formula is C16H18FN3O3. The fraction of sp³-hybridized carbons (Fsp3) is 0.375. The molecule has 2 heterocycles. The van der Waals surface area contributed by atoms with Crippen molar-refractivity contribution in [1.29, 1.82) is 0 Å². The van der Waals surface area contributed by atoms with E-state index in [2.05, 4.69) is 15.8 Å². The number of aromatic nitrogens is 1. The van der Waals surface area contributed by atoms with Crippen LogP contribution in [0.2, 0.25) is 0 Å². The maximum absolute atomic E-state index is 14.1. The van der Waals surface area contributed by atoms with E-state index in [1.165, 1.54) is 12.1 Å². The zero-order chi connectivity index (χ0) is 16.2. The topological polar surface area (TPSA) is 76.4 Å². The van der Waals surface area contributed by atoms with Gasteiger partial charge in [0.2, 0.25) is 5.76 Å². The van der Waals surface area contributed by atoms with Crippen LogP contribution in [0.1, 0.15) is 29.1 Å². The third-order valence-corrected chi connectivity index (χ3v) is 3.62. The van der Waals surface area contributed by atoms with Crippen LogP contribution in [-0.2, 0) is 4.74 Å². The Morgan fingerprint density at radius 3 is 2.96 bits per heavy atom. The van der Waals surface area contributed by atoms with Crippen molar-refractivity contribution in [3.8, 4) is 0 Å². The van der Waals surface area contributed by atoms with Crippen molar-refractivity contribution < 1.29 is 18.4 Å². The normalized spacial score (nSPS) is 17.2. The molecule has 0 bridgehead atoms. The summed E-state index contributed by atoms with van der Waals surface area (Å²) in [5, 5.41) is 9.24. The van der Waals surface area contributed by atoms with Gasteiger partial charge in [0.15, 0.2) is 0 Å². The highest BCUT2D eigenvalue weighted by Crippen LogP contribution is 2.21. The molecule has 7 heteroatoms. The third-order valence-electron chi connectivity index (χ3n) is 3.62. The lowest BCUT2D eigenvalue weighted by atomic mass is 10.2. The number of nitrogens with zero attached hydrogens (tertiary/aromatic N) is 1. The van der Waals surface area contributed by atoms with Crippen LogP contribution in [0.25, 0.3) is 0 Å². The van der Waals surface area contributed by atoms with Gasteiger partial charge in [-0.1, -0.05) is 5.16 Å². The SMILES string of the molecule is Cc1cc(C(=O)Nc2ccc(NCC3CCCO3)c(F)c2)on1. The van der Waals surface area contributed by atoms with Gasteiger partial charge >= 0.3 is 0 Å². The first-order valence-electron chi connectivity index (χ1n) is 7.51. The molecule has 3 rings (SSSR count). The Morgan fingerprint density at radius 1 is 1.43 bits per heavy atom. The van der Waals surface area contributed by atoms with Crippen molar-refractivity contribution in [3.05, 3.63) is 41.5 Å². The monoisotopic (exact) mass is 319 g/mol. The number of anilines is 2. The van der Waals surface area contributed by atoms with Gasteiger partial charge in [-0.05, 0) is 38.0 Å². The highest BCUT2D eigenvalue weighted by Gasteiger charge is 2.16. The Balaban J connectivity index is 1.60. The number of ether oxygens (including phenoxy) is 1. The van der Waals surface area contributed by atoms with Crippen LogP contribution in [0.5, 0.6) is 0 Å². The van der Waals surface area contributed by atoms with E-state index in [0.29, 0.717) is 23.6 Å². The number of halogens is 1. The van der Waals surface area contributed by atoms with E-state index in [4.69, 9.17) is 9.26 Å². The number of amides is 1. The Labute approximate surface area is 133 Å². The molecule has 0 spiro atoms. The lowest BCUT2D eigenvalue weighted by molar-refractivity contribution is 0.0988. The summed E-state index contributed by atoms with van der Waals surface area (Å²) in [6.07, 6.45) is 2.16. The largest absolute Gasteiger partial charge is 0.380 e. The van der Waals surface area contributed by atoms with Gasteiger partial charge in [0.1, 0.15) is 5.82 Å². The molecule has 122 valence electrons. The summed E-state index contributed by atoms with van der Waals surface area (Å²) < 4.78 is 24.4. The highest BCUT2D eigenvalue weighted by atomic mass is 19.1. The molecule has 1 aromatic heterocycles. The first-order chi connectivity index (χ1) is 11.1. The molecule has 23 heavy (non-hydrogen) atoms. The van der Waals surface area contributed by atoms with E-state index in [0.717, 1.165) is 19.4 Å². The van der Waals surface area contributed by atoms with E-state index in [1.54, 1.807) is 19.1 Å². The Kier molecular flexibility index (Phi) is 4.57. The molecule has 1 aromatic carbocycles. The summed E-state index contributed by atoms with van der Waals surface area (Å²) in [5.41, 5.74) is 1.34. The van der Waals surface area contributed by atoms with Gasteiger partial charge < -0.3 is 19.9 Å². The number of rotatable bonds is 5. The second kappa shape index (κ2) is 6.78. The van der Waals surface area contributed by atoms with Crippen molar-refractivity contribution >= 4 is 17.3 Å². The number of benzene rings is 1. The molecular weight excluding hydrogens is 301 g/mol. The fourth-order valence-corrected chi connectivity index (χ4v) is 2.43. The van der Waals surface area contributed by atoms with Crippen LogP contribution in [0.3, 0.4) is 0 Å². The lowest BCUT2D eigenvalue weighted by Crippen LogP contribution is -2.19. The molecule has 2 N–H and O–H groups in total. The molecule has 2 aromatic rings. The van der Waals surface area contributed by atoms with Crippen LogP contribution in [-0.4, -0.2) is 30.3 Å². The molecule has 1 aliphatic heterocycles. The molecule has 0 aliphatic carbocycles. The van der Waals surface area contributed by atoms with Gasteiger partial charge in [-0.3, -0.25) is 4.79 Å². The summed E-state index contributed by atoms with van der Waals surface area (Å²) >= 11 is 0. The Bertz CT molecular complexity index is 696. The predicted octanol–water partition coefficient (Wildman–Crippen LogP) is 2.97. The second-order valence-electron chi connectivity index (χ2n) is 5.50. The first-order valence-corrected chi connectivity index (χ1v) is 7.51. The maximum atomic E-state index is 14.1. The molecule has 1 fully saturated rings. The van der Waals surface area contributed by atoms with Crippen molar-refractivity contribution in [3.63, 3.8) is 0 Å². The van der Waals surface area contributed by atoms with E-state index < -0.39 is 11.7 Å². The molecule has 1 saturated heterocycles. The van der Waals surface area contributed by atoms with Crippen LogP contribution < -0.4 is 10.6 Å². The summed E-state index contributed by atoms with van der Waals surface area (Å²) in [6, 6.07) is 6.00. The van der Waals surface area contributed by atoms with Crippen molar-refractivity contribution in [2.24, 2.45) is 0 Å². The number of aryl methyl sites for hydroxylation is 1. The maximum Gasteiger partial charge on any atom is 0.294 e. The molecule has 1 atom stereocenters. The highest BCUT2D eigenvalue weighted by molar-refractivity contribution is 6.02. The summed E-state index contributed by atoms with van der Waals surface area (Å²) in [5.74, 6) is -0.817. The number of nitrogens with one attached hydrogen (secondary N) is 2. The number of hydrogen-bond donors (Lipinski definition) is 2. The van der Waals surface area contributed by atoms with Crippen LogP contribution in [0, 0.1) is 12.7 Å². The minimum atomic E-state index is -0.468. The van der Waals surface area contributed by atoms with Crippen molar-refractivity contribution in [2.75, 3.05) is 23.8 Å². The Morgan fingerprint density at radius 2 is 2.30 bits per heavy atom. The molecule has 1 aliphatic rings. The third kappa shape index (κ3) is 3.87. The van der Waals surface area contributed by atoms with Crippen molar-refractivity contribution in [1.82, 2.24) is 5.16 Å². The smallest absolute Gasteiger partial charge is 0.294 e. The summed E-state index contributed by atoms with van der Waals surface area (Å²) in [4.78, 5) is 11.9. The van der Waals surface area contributed by atoms with Gasteiger partial charge in [0, 0.05) is 24.9 Å².